The topological polar surface area (TPSA) is 111 Å². The van der Waals surface area contributed by atoms with Gasteiger partial charge in [0.2, 0.25) is 0 Å². The molecular formula is C17H28N4O4. The molecular weight excluding hydrogens is 324 g/mol. The van der Waals surface area contributed by atoms with Crippen molar-refractivity contribution in [1.29, 1.82) is 0 Å². The van der Waals surface area contributed by atoms with Crippen LogP contribution in [0.25, 0.3) is 0 Å². The van der Waals surface area contributed by atoms with Crippen LogP contribution in [-0.4, -0.2) is 51.9 Å². The number of primary amides is 1. The molecule has 2 heterocycles. The third-order valence-electron chi connectivity index (χ3n) is 4.01. The Hall–Kier alpha value is -2.06. The summed E-state index contributed by atoms with van der Waals surface area (Å²) in [5.74, 6) is 1.50. The average Bonchev–Trinajstić information content (AvgIpc) is 3.11. The molecule has 0 unspecified atom stereocenters. The summed E-state index contributed by atoms with van der Waals surface area (Å²) < 4.78 is 16.4. The number of carbonyl (C=O) groups is 1. The quantitative estimate of drug-likeness (QED) is 0.346. The van der Waals surface area contributed by atoms with E-state index in [0.717, 1.165) is 52.2 Å². The maximum absolute atomic E-state index is 11.0. The second kappa shape index (κ2) is 10.7. The van der Waals surface area contributed by atoms with Gasteiger partial charge in [-0.2, -0.15) is 0 Å². The SMILES string of the molecule is CN=C(NCCCOCC1CCOCC1)NCc1ccc(C(N)=O)o1. The Morgan fingerprint density at radius 1 is 1.36 bits per heavy atom. The van der Waals surface area contributed by atoms with Crippen LogP contribution in [0, 0.1) is 5.92 Å². The number of aliphatic imine (C=N–C) groups is 1. The number of nitrogens with zero attached hydrogens (tertiary/aromatic N) is 1. The largest absolute Gasteiger partial charge is 0.454 e. The van der Waals surface area contributed by atoms with E-state index in [1.807, 2.05) is 0 Å². The minimum atomic E-state index is -0.575. The van der Waals surface area contributed by atoms with Gasteiger partial charge in [-0.25, -0.2) is 0 Å². The predicted octanol–water partition coefficient (Wildman–Crippen LogP) is 0.877. The number of hydrogen-bond donors (Lipinski definition) is 3. The van der Waals surface area contributed by atoms with Crippen LogP contribution in [0.15, 0.2) is 21.5 Å². The Morgan fingerprint density at radius 2 is 2.16 bits per heavy atom. The van der Waals surface area contributed by atoms with E-state index in [0.29, 0.717) is 24.2 Å². The molecule has 0 aromatic carbocycles. The molecule has 4 N–H and O–H groups in total. The fourth-order valence-electron chi connectivity index (χ4n) is 2.54. The molecule has 1 aromatic heterocycles. The van der Waals surface area contributed by atoms with E-state index in [1.165, 1.54) is 0 Å². The highest BCUT2D eigenvalue weighted by atomic mass is 16.5. The average molecular weight is 352 g/mol. The van der Waals surface area contributed by atoms with Crippen molar-refractivity contribution in [1.82, 2.24) is 10.6 Å². The molecule has 8 nitrogen and oxygen atoms in total. The van der Waals surface area contributed by atoms with Gasteiger partial charge in [-0.15, -0.1) is 0 Å². The van der Waals surface area contributed by atoms with Crippen molar-refractivity contribution in [3.8, 4) is 0 Å². The van der Waals surface area contributed by atoms with Crippen molar-refractivity contribution < 1.29 is 18.7 Å². The first kappa shape index (κ1) is 19.3. The van der Waals surface area contributed by atoms with Crippen LogP contribution in [0.3, 0.4) is 0 Å². The van der Waals surface area contributed by atoms with Crippen molar-refractivity contribution in [2.75, 3.05) is 40.0 Å². The molecule has 1 saturated heterocycles. The minimum absolute atomic E-state index is 0.154. The second-order valence-corrected chi connectivity index (χ2v) is 5.97. The molecule has 1 fully saturated rings. The van der Waals surface area contributed by atoms with E-state index in [4.69, 9.17) is 19.6 Å². The Kier molecular flexibility index (Phi) is 8.27. The highest BCUT2D eigenvalue weighted by molar-refractivity contribution is 5.89. The first-order valence-electron chi connectivity index (χ1n) is 8.67. The zero-order chi connectivity index (χ0) is 17.9. The molecule has 140 valence electrons. The van der Waals surface area contributed by atoms with E-state index in [1.54, 1.807) is 19.2 Å². The third-order valence-corrected chi connectivity index (χ3v) is 4.01. The van der Waals surface area contributed by atoms with Gasteiger partial charge in [0, 0.05) is 40.0 Å². The Labute approximate surface area is 148 Å². The molecule has 1 amide bonds. The molecule has 1 aliphatic rings. The summed E-state index contributed by atoms with van der Waals surface area (Å²) in [6.45, 7) is 4.44. The van der Waals surface area contributed by atoms with Crippen LogP contribution in [0.4, 0.5) is 0 Å². The number of hydrogen-bond acceptors (Lipinski definition) is 5. The van der Waals surface area contributed by atoms with E-state index < -0.39 is 5.91 Å². The van der Waals surface area contributed by atoms with E-state index in [2.05, 4.69) is 15.6 Å². The van der Waals surface area contributed by atoms with Gasteiger partial charge in [0.25, 0.3) is 5.91 Å². The first-order valence-corrected chi connectivity index (χ1v) is 8.67. The van der Waals surface area contributed by atoms with Gasteiger partial charge in [-0.05, 0) is 37.3 Å². The lowest BCUT2D eigenvalue weighted by molar-refractivity contribution is 0.0203. The lowest BCUT2D eigenvalue weighted by atomic mass is 10.0. The summed E-state index contributed by atoms with van der Waals surface area (Å²) >= 11 is 0. The van der Waals surface area contributed by atoms with E-state index in [9.17, 15) is 4.79 Å². The van der Waals surface area contributed by atoms with Crippen LogP contribution < -0.4 is 16.4 Å². The van der Waals surface area contributed by atoms with Crippen molar-refractivity contribution in [2.24, 2.45) is 16.6 Å². The van der Waals surface area contributed by atoms with Gasteiger partial charge in [0.05, 0.1) is 6.54 Å². The van der Waals surface area contributed by atoms with Crippen LogP contribution in [0.1, 0.15) is 35.6 Å². The van der Waals surface area contributed by atoms with Crippen molar-refractivity contribution >= 4 is 11.9 Å². The lowest BCUT2D eigenvalue weighted by Gasteiger charge is -2.21. The second-order valence-electron chi connectivity index (χ2n) is 5.97. The van der Waals surface area contributed by atoms with Crippen LogP contribution >= 0.6 is 0 Å². The summed E-state index contributed by atoms with van der Waals surface area (Å²) in [5, 5.41) is 6.33. The molecule has 0 spiro atoms. The standard InChI is InChI=1S/C17H28N4O4/c1-19-17(21-11-14-3-4-15(25-14)16(18)22)20-7-2-8-24-12-13-5-9-23-10-6-13/h3-4,13H,2,5-12H2,1H3,(H2,18,22)(H2,19,20,21). The monoisotopic (exact) mass is 352 g/mol. The highest BCUT2D eigenvalue weighted by Gasteiger charge is 2.13. The molecule has 1 aromatic rings. The predicted molar refractivity (Wildman–Crippen MR) is 94.4 cm³/mol. The minimum Gasteiger partial charge on any atom is -0.454 e. The Morgan fingerprint density at radius 3 is 2.84 bits per heavy atom. The molecule has 0 saturated carbocycles. The zero-order valence-corrected chi connectivity index (χ0v) is 14.8. The van der Waals surface area contributed by atoms with E-state index >= 15 is 0 Å². The molecule has 0 atom stereocenters. The Bertz CT molecular complexity index is 553. The van der Waals surface area contributed by atoms with Crippen molar-refractivity contribution in [3.63, 3.8) is 0 Å². The molecule has 8 heteroatoms. The molecule has 1 aliphatic heterocycles. The lowest BCUT2D eigenvalue weighted by Crippen LogP contribution is -2.37. The fraction of sp³-hybridized carbons (Fsp3) is 0.647. The van der Waals surface area contributed by atoms with Gasteiger partial charge < -0.3 is 30.3 Å². The molecule has 2 rings (SSSR count). The number of ether oxygens (including phenoxy) is 2. The smallest absolute Gasteiger partial charge is 0.284 e. The van der Waals surface area contributed by atoms with Crippen LogP contribution in [0.2, 0.25) is 0 Å². The van der Waals surface area contributed by atoms with Gasteiger partial charge >= 0.3 is 0 Å². The number of nitrogens with two attached hydrogens (primary N) is 1. The van der Waals surface area contributed by atoms with Gasteiger partial charge in [0.15, 0.2) is 11.7 Å². The molecule has 0 bridgehead atoms. The van der Waals surface area contributed by atoms with Gasteiger partial charge in [0.1, 0.15) is 5.76 Å². The Balaban J connectivity index is 1.54. The summed E-state index contributed by atoms with van der Waals surface area (Å²) in [7, 11) is 1.70. The van der Waals surface area contributed by atoms with Crippen LogP contribution in [-0.2, 0) is 16.0 Å². The summed E-state index contributed by atoms with van der Waals surface area (Å²) in [4.78, 5) is 15.1. The molecule has 0 radical (unpaired) electrons. The number of furan rings is 1. The molecule has 25 heavy (non-hydrogen) atoms. The number of nitrogens with one attached hydrogen (secondary N) is 2. The van der Waals surface area contributed by atoms with Crippen molar-refractivity contribution in [3.05, 3.63) is 23.7 Å². The van der Waals surface area contributed by atoms with Gasteiger partial charge in [-0.3, -0.25) is 9.79 Å². The normalized spacial score (nSPS) is 16.0. The number of guanidine groups is 1. The summed E-state index contributed by atoms with van der Waals surface area (Å²) in [6, 6.07) is 3.27. The number of rotatable bonds is 9. The van der Waals surface area contributed by atoms with Crippen LogP contribution in [0.5, 0.6) is 0 Å². The summed E-state index contributed by atoms with van der Waals surface area (Å²) in [5.41, 5.74) is 5.16. The maximum Gasteiger partial charge on any atom is 0.284 e. The van der Waals surface area contributed by atoms with Crippen molar-refractivity contribution in [2.45, 2.75) is 25.8 Å². The summed E-state index contributed by atoms with van der Waals surface area (Å²) in [6.07, 6.45) is 3.09. The first-order chi connectivity index (χ1) is 12.2. The van der Waals surface area contributed by atoms with E-state index in [-0.39, 0.29) is 5.76 Å². The van der Waals surface area contributed by atoms with Gasteiger partial charge in [-0.1, -0.05) is 0 Å². The number of amides is 1. The fourth-order valence-corrected chi connectivity index (χ4v) is 2.54. The maximum atomic E-state index is 11.0. The number of carbonyl (C=O) groups excluding carboxylic acids is 1. The third kappa shape index (κ3) is 7.15. The highest BCUT2D eigenvalue weighted by Crippen LogP contribution is 2.14. The molecule has 0 aliphatic carbocycles. The zero-order valence-electron chi connectivity index (χ0n) is 14.8.